The van der Waals surface area contributed by atoms with Gasteiger partial charge in [-0.2, -0.15) is 5.26 Å². The van der Waals surface area contributed by atoms with E-state index in [0.29, 0.717) is 28.2 Å². The summed E-state index contributed by atoms with van der Waals surface area (Å²) in [5, 5.41) is 22.2. The molecule has 9 heteroatoms. The maximum absolute atomic E-state index is 12.5. The van der Waals surface area contributed by atoms with E-state index >= 15 is 0 Å². The Morgan fingerprint density at radius 2 is 2.12 bits per heavy atom. The molecule has 1 aliphatic carbocycles. The van der Waals surface area contributed by atoms with E-state index < -0.39 is 0 Å². The van der Waals surface area contributed by atoms with Crippen LogP contribution in [0.1, 0.15) is 45.8 Å². The Labute approximate surface area is 195 Å². The van der Waals surface area contributed by atoms with E-state index in [1.807, 2.05) is 37.6 Å². The van der Waals surface area contributed by atoms with Crippen LogP contribution in [0.15, 0.2) is 23.4 Å². The molecular weight excluding hydrogens is 442 g/mol. The summed E-state index contributed by atoms with van der Waals surface area (Å²) >= 11 is 2.85. The van der Waals surface area contributed by atoms with Gasteiger partial charge in [0.15, 0.2) is 11.0 Å². The molecule has 0 fully saturated rings. The number of aromatic nitrogens is 3. The molecule has 2 heterocycles. The fraction of sp³-hybridized carbons (Fsp3) is 0.391. The van der Waals surface area contributed by atoms with Crippen molar-refractivity contribution >= 4 is 34.0 Å². The van der Waals surface area contributed by atoms with Gasteiger partial charge in [0.2, 0.25) is 5.91 Å². The van der Waals surface area contributed by atoms with Gasteiger partial charge in [-0.3, -0.25) is 4.79 Å². The Hall–Kier alpha value is -2.83. The highest BCUT2D eigenvalue weighted by atomic mass is 32.2. The number of hydrogen-bond acceptors (Lipinski definition) is 7. The number of rotatable bonds is 7. The monoisotopic (exact) mass is 467 g/mol. The average molecular weight is 468 g/mol. The minimum absolute atomic E-state index is 0.152. The molecule has 1 N–H and O–H groups in total. The summed E-state index contributed by atoms with van der Waals surface area (Å²) < 4.78 is 7.74. The van der Waals surface area contributed by atoms with Gasteiger partial charge >= 0.3 is 0 Å². The van der Waals surface area contributed by atoms with E-state index in [4.69, 9.17) is 4.74 Å². The first-order chi connectivity index (χ1) is 15.5. The molecule has 0 saturated carbocycles. The van der Waals surface area contributed by atoms with Crippen LogP contribution in [0.2, 0.25) is 0 Å². The first-order valence-corrected chi connectivity index (χ1v) is 12.3. The van der Waals surface area contributed by atoms with Crippen LogP contribution < -0.4 is 10.1 Å². The number of carbonyl (C=O) groups excluding carboxylic acids is 1. The van der Waals surface area contributed by atoms with Crippen LogP contribution in [0.5, 0.6) is 5.75 Å². The van der Waals surface area contributed by atoms with Gasteiger partial charge in [0.05, 0.1) is 11.3 Å². The number of carbonyl (C=O) groups is 1. The number of fused-ring (bicyclic) bond motifs is 1. The number of benzene rings is 1. The largest absolute Gasteiger partial charge is 0.485 e. The molecule has 0 radical (unpaired) electrons. The molecule has 1 aliphatic rings. The Morgan fingerprint density at radius 1 is 1.31 bits per heavy atom. The second-order valence-corrected chi connectivity index (χ2v) is 9.93. The van der Waals surface area contributed by atoms with Gasteiger partial charge in [0, 0.05) is 11.9 Å². The molecule has 0 saturated heterocycles. The first kappa shape index (κ1) is 22.4. The van der Waals surface area contributed by atoms with Crippen molar-refractivity contribution in [3.8, 4) is 11.8 Å². The van der Waals surface area contributed by atoms with Crippen molar-refractivity contribution in [2.45, 2.75) is 51.3 Å². The molecule has 32 heavy (non-hydrogen) atoms. The highest BCUT2D eigenvalue weighted by Crippen LogP contribution is 2.37. The molecule has 0 bridgehead atoms. The van der Waals surface area contributed by atoms with Crippen LogP contribution in [0.25, 0.3) is 0 Å². The number of amides is 1. The van der Waals surface area contributed by atoms with Crippen molar-refractivity contribution in [3.63, 3.8) is 0 Å². The Balaban J connectivity index is 1.34. The van der Waals surface area contributed by atoms with Crippen molar-refractivity contribution in [3.05, 3.63) is 51.2 Å². The third kappa shape index (κ3) is 4.81. The van der Waals surface area contributed by atoms with Crippen LogP contribution in [0.4, 0.5) is 5.00 Å². The zero-order chi connectivity index (χ0) is 22.7. The molecule has 2 aromatic heterocycles. The zero-order valence-corrected chi connectivity index (χ0v) is 20.0. The van der Waals surface area contributed by atoms with Crippen molar-refractivity contribution in [1.82, 2.24) is 14.8 Å². The van der Waals surface area contributed by atoms with Crippen molar-refractivity contribution in [2.75, 3.05) is 11.1 Å². The fourth-order valence-corrected chi connectivity index (χ4v) is 5.75. The number of nitrogens with zero attached hydrogens (tertiary/aromatic N) is 4. The number of nitrogens with one attached hydrogen (secondary N) is 1. The van der Waals surface area contributed by atoms with Crippen LogP contribution in [0.3, 0.4) is 0 Å². The summed E-state index contributed by atoms with van der Waals surface area (Å²) in [6.07, 6.45) is 4.16. The number of ether oxygens (including phenoxy) is 1. The van der Waals surface area contributed by atoms with Crippen molar-refractivity contribution < 1.29 is 9.53 Å². The topological polar surface area (TPSA) is 92.8 Å². The SMILES string of the molecule is Cc1ccc(OCc2nnc(SCC(=O)Nc3sc4c(c3C#N)CCCC4)n2C)c(C)c1. The molecule has 166 valence electrons. The third-order valence-electron chi connectivity index (χ3n) is 5.48. The Morgan fingerprint density at radius 3 is 2.91 bits per heavy atom. The normalized spacial score (nSPS) is 12.8. The summed E-state index contributed by atoms with van der Waals surface area (Å²) in [7, 11) is 1.86. The number of thiophene rings is 1. The minimum Gasteiger partial charge on any atom is -0.485 e. The predicted octanol–water partition coefficient (Wildman–Crippen LogP) is 4.55. The number of aryl methyl sites for hydroxylation is 3. The van der Waals surface area contributed by atoms with Crippen LogP contribution in [0, 0.1) is 25.2 Å². The molecule has 3 aromatic rings. The minimum atomic E-state index is -0.152. The summed E-state index contributed by atoms with van der Waals surface area (Å²) in [6, 6.07) is 8.33. The maximum atomic E-state index is 12.5. The number of thioether (sulfide) groups is 1. The Kier molecular flexibility index (Phi) is 6.82. The third-order valence-corrected chi connectivity index (χ3v) is 7.71. The van der Waals surface area contributed by atoms with Crippen molar-refractivity contribution in [1.29, 1.82) is 5.26 Å². The van der Waals surface area contributed by atoms with Gasteiger partial charge < -0.3 is 14.6 Å². The second-order valence-electron chi connectivity index (χ2n) is 7.88. The number of nitriles is 1. The lowest BCUT2D eigenvalue weighted by atomic mass is 9.96. The number of anilines is 1. The molecule has 0 unspecified atom stereocenters. The van der Waals surface area contributed by atoms with Gasteiger partial charge in [-0.25, -0.2) is 0 Å². The standard InChI is InChI=1S/C23H25N5O2S2/c1-14-8-9-18(15(2)10-14)30-12-20-26-27-23(28(20)3)31-13-21(29)25-22-17(11-24)16-6-4-5-7-19(16)32-22/h8-10H,4-7,12-13H2,1-3H3,(H,25,29). The van der Waals surface area contributed by atoms with E-state index in [9.17, 15) is 10.1 Å². The molecule has 0 spiro atoms. The van der Waals surface area contributed by atoms with Crippen LogP contribution >= 0.6 is 23.1 Å². The second kappa shape index (κ2) is 9.76. The summed E-state index contributed by atoms with van der Waals surface area (Å²) in [5.41, 5.74) is 4.02. The van der Waals surface area contributed by atoms with E-state index in [0.717, 1.165) is 42.6 Å². The molecule has 1 amide bonds. The highest BCUT2D eigenvalue weighted by Gasteiger charge is 2.22. The zero-order valence-electron chi connectivity index (χ0n) is 18.4. The quantitative estimate of drug-likeness (QED) is 0.512. The molecular formula is C23H25N5O2S2. The van der Waals surface area contributed by atoms with Crippen LogP contribution in [-0.2, 0) is 31.3 Å². The number of hydrogen-bond donors (Lipinski definition) is 1. The van der Waals surface area contributed by atoms with Gasteiger partial charge in [-0.05, 0) is 56.7 Å². The van der Waals surface area contributed by atoms with Crippen LogP contribution in [-0.4, -0.2) is 26.4 Å². The maximum Gasteiger partial charge on any atom is 0.235 e. The fourth-order valence-electron chi connectivity index (χ4n) is 3.77. The first-order valence-electron chi connectivity index (χ1n) is 10.5. The molecule has 1 aromatic carbocycles. The van der Waals surface area contributed by atoms with E-state index in [1.54, 1.807) is 0 Å². The lowest BCUT2D eigenvalue weighted by molar-refractivity contribution is -0.113. The smallest absolute Gasteiger partial charge is 0.235 e. The molecule has 4 rings (SSSR count). The summed E-state index contributed by atoms with van der Waals surface area (Å²) in [4.78, 5) is 13.8. The average Bonchev–Trinajstić information content (AvgIpc) is 3.30. The van der Waals surface area contributed by atoms with Gasteiger partial charge in [-0.15, -0.1) is 21.5 Å². The van der Waals surface area contributed by atoms with Gasteiger partial charge in [0.25, 0.3) is 0 Å². The lowest BCUT2D eigenvalue weighted by Crippen LogP contribution is -2.14. The van der Waals surface area contributed by atoms with Gasteiger partial charge in [0.1, 0.15) is 23.4 Å². The molecule has 7 nitrogen and oxygen atoms in total. The predicted molar refractivity (Wildman–Crippen MR) is 126 cm³/mol. The lowest BCUT2D eigenvalue weighted by Gasteiger charge is -2.09. The molecule has 0 aliphatic heterocycles. The Bertz CT molecular complexity index is 1190. The van der Waals surface area contributed by atoms with Crippen molar-refractivity contribution in [2.24, 2.45) is 7.05 Å². The summed E-state index contributed by atoms with van der Waals surface area (Å²) in [6.45, 7) is 4.36. The summed E-state index contributed by atoms with van der Waals surface area (Å²) in [5.74, 6) is 1.54. The highest BCUT2D eigenvalue weighted by molar-refractivity contribution is 7.99. The van der Waals surface area contributed by atoms with E-state index in [1.165, 1.54) is 33.5 Å². The molecule has 0 atom stereocenters. The van der Waals surface area contributed by atoms with E-state index in [-0.39, 0.29) is 11.7 Å². The van der Waals surface area contributed by atoms with Gasteiger partial charge in [-0.1, -0.05) is 29.5 Å². The van der Waals surface area contributed by atoms with E-state index in [2.05, 4.69) is 27.6 Å².